The largest absolute Gasteiger partial charge is 0.356 e. The minimum absolute atomic E-state index is 0. The Morgan fingerprint density at radius 1 is 1.36 bits per heavy atom. The third-order valence-electron chi connectivity index (χ3n) is 0.977. The van der Waals surface area contributed by atoms with E-state index in [9.17, 15) is 4.79 Å². The summed E-state index contributed by atoms with van der Waals surface area (Å²) in [4.78, 5) is 10.3. The highest BCUT2D eigenvalue weighted by molar-refractivity contribution is 5.72. The van der Waals surface area contributed by atoms with Crippen LogP contribution < -0.4 is 10.6 Å². The Morgan fingerprint density at radius 3 is 2.27 bits per heavy atom. The van der Waals surface area contributed by atoms with Crippen molar-refractivity contribution in [2.24, 2.45) is 0 Å². The van der Waals surface area contributed by atoms with Crippen molar-refractivity contribution in [2.45, 2.75) is 27.2 Å². The van der Waals surface area contributed by atoms with Gasteiger partial charge in [0, 0.05) is 14.9 Å². The molecule has 0 saturated carbocycles. The molecule has 0 aromatic heterocycles. The van der Waals surface area contributed by atoms with Gasteiger partial charge in [-0.2, -0.15) is 0 Å². The zero-order chi connectivity index (χ0) is 9.11. The molecular formula is C8H22N2O. The average Bonchev–Trinajstić information content (AvgIpc) is 2.02. The van der Waals surface area contributed by atoms with Gasteiger partial charge in [0.15, 0.2) is 0 Å². The Kier molecular flexibility index (Phi) is 14.4. The minimum atomic E-state index is 0. The molecule has 0 spiro atoms. The molecule has 0 aliphatic carbocycles. The first-order chi connectivity index (χ1) is 5.27. The molecule has 0 radical (unpaired) electrons. The van der Waals surface area contributed by atoms with Crippen LogP contribution in [0.1, 0.15) is 28.6 Å². The van der Waals surface area contributed by atoms with Crippen molar-refractivity contribution < 1.29 is 6.22 Å². The van der Waals surface area contributed by atoms with Crippen LogP contribution in [0.15, 0.2) is 0 Å². The summed E-state index contributed by atoms with van der Waals surface area (Å²) in [6.45, 7) is 7.26. The summed E-state index contributed by atoms with van der Waals surface area (Å²) in [5.74, 6) is 0.0473. The van der Waals surface area contributed by atoms with E-state index in [1.807, 2.05) is 20.9 Å². The van der Waals surface area contributed by atoms with Gasteiger partial charge in [-0.05, 0) is 20.0 Å². The lowest BCUT2D eigenvalue weighted by atomic mass is 10.4. The molecule has 0 heterocycles. The van der Waals surface area contributed by atoms with Gasteiger partial charge in [0.1, 0.15) is 0 Å². The Labute approximate surface area is 71.0 Å². The van der Waals surface area contributed by atoms with Crippen LogP contribution in [0.3, 0.4) is 0 Å². The summed E-state index contributed by atoms with van der Waals surface area (Å²) >= 11 is 0. The molecule has 70 valence electrons. The fraction of sp³-hybridized carbons (Fsp3) is 0.875. The molecule has 11 heavy (non-hydrogen) atoms. The SMILES string of the molecule is CC.CNCCCNC(C)=O.[HH]. The average molecular weight is 162 g/mol. The van der Waals surface area contributed by atoms with Crippen molar-refractivity contribution in [1.29, 1.82) is 0 Å². The van der Waals surface area contributed by atoms with E-state index < -0.39 is 0 Å². The van der Waals surface area contributed by atoms with Gasteiger partial charge in [-0.15, -0.1) is 0 Å². The predicted molar refractivity (Wildman–Crippen MR) is 50.7 cm³/mol. The highest BCUT2D eigenvalue weighted by Gasteiger charge is 1.87. The van der Waals surface area contributed by atoms with E-state index in [-0.39, 0.29) is 7.33 Å². The molecule has 0 unspecified atom stereocenters. The lowest BCUT2D eigenvalue weighted by Gasteiger charge is -1.99. The van der Waals surface area contributed by atoms with Gasteiger partial charge < -0.3 is 10.6 Å². The van der Waals surface area contributed by atoms with Crippen LogP contribution in [0.2, 0.25) is 0 Å². The molecule has 0 aliphatic rings. The second-order valence-corrected chi connectivity index (χ2v) is 1.94. The van der Waals surface area contributed by atoms with Gasteiger partial charge in [0.25, 0.3) is 0 Å². The van der Waals surface area contributed by atoms with E-state index in [0.29, 0.717) is 0 Å². The topological polar surface area (TPSA) is 41.1 Å². The zero-order valence-corrected chi connectivity index (χ0v) is 8.03. The number of rotatable bonds is 4. The lowest BCUT2D eigenvalue weighted by molar-refractivity contribution is -0.118. The summed E-state index contributed by atoms with van der Waals surface area (Å²) in [5, 5.41) is 5.69. The van der Waals surface area contributed by atoms with Gasteiger partial charge in [-0.3, -0.25) is 4.79 Å². The van der Waals surface area contributed by atoms with Gasteiger partial charge in [0.05, 0.1) is 0 Å². The fourth-order valence-corrected chi connectivity index (χ4v) is 0.530. The molecular weight excluding hydrogens is 140 g/mol. The van der Waals surface area contributed by atoms with Crippen molar-refractivity contribution >= 4 is 5.91 Å². The number of nitrogens with one attached hydrogen (secondary N) is 2. The molecule has 0 atom stereocenters. The van der Waals surface area contributed by atoms with Gasteiger partial charge >= 0.3 is 0 Å². The summed E-state index contributed by atoms with van der Waals surface area (Å²) in [6, 6.07) is 0. The van der Waals surface area contributed by atoms with Crippen LogP contribution in [0, 0.1) is 0 Å². The molecule has 3 heteroatoms. The quantitative estimate of drug-likeness (QED) is 0.606. The fourth-order valence-electron chi connectivity index (χ4n) is 0.530. The van der Waals surface area contributed by atoms with E-state index in [4.69, 9.17) is 0 Å². The van der Waals surface area contributed by atoms with E-state index in [1.165, 1.54) is 6.92 Å². The van der Waals surface area contributed by atoms with Crippen molar-refractivity contribution in [2.75, 3.05) is 20.1 Å². The van der Waals surface area contributed by atoms with Gasteiger partial charge in [0.2, 0.25) is 5.91 Å². The van der Waals surface area contributed by atoms with Crippen molar-refractivity contribution in [3.05, 3.63) is 0 Å². The van der Waals surface area contributed by atoms with Crippen LogP contribution in [0.5, 0.6) is 0 Å². The first kappa shape index (κ1) is 13.1. The summed E-state index contributed by atoms with van der Waals surface area (Å²) in [5.41, 5.74) is 0. The second kappa shape index (κ2) is 12.1. The molecule has 0 aliphatic heterocycles. The van der Waals surface area contributed by atoms with Crippen molar-refractivity contribution in [3.8, 4) is 0 Å². The van der Waals surface area contributed by atoms with Crippen molar-refractivity contribution in [1.82, 2.24) is 10.6 Å². The standard InChI is InChI=1S/C6H14N2O.C2H6.H2/c1-6(9)8-5-3-4-7-2;1-2;/h7H,3-5H2,1-2H3,(H,8,9);1-2H3;1H. The maximum atomic E-state index is 10.3. The lowest BCUT2D eigenvalue weighted by Crippen LogP contribution is -2.23. The third-order valence-corrected chi connectivity index (χ3v) is 0.977. The number of amides is 1. The van der Waals surface area contributed by atoms with Gasteiger partial charge in [-0.1, -0.05) is 13.8 Å². The normalized spacial score (nSPS) is 8.00. The van der Waals surface area contributed by atoms with Gasteiger partial charge in [-0.25, -0.2) is 0 Å². The zero-order valence-electron chi connectivity index (χ0n) is 8.03. The molecule has 0 aromatic rings. The Morgan fingerprint density at radius 2 is 1.91 bits per heavy atom. The third kappa shape index (κ3) is 17.7. The number of carbonyl (C=O) groups excluding carboxylic acids is 1. The molecule has 0 rings (SSSR count). The monoisotopic (exact) mass is 162 g/mol. The molecule has 0 bridgehead atoms. The number of carbonyl (C=O) groups is 1. The summed E-state index contributed by atoms with van der Waals surface area (Å²) in [6.07, 6.45) is 0.996. The highest BCUT2D eigenvalue weighted by Crippen LogP contribution is 1.70. The number of hydrogen-bond donors (Lipinski definition) is 2. The molecule has 0 saturated heterocycles. The molecule has 1 amide bonds. The van der Waals surface area contributed by atoms with Crippen LogP contribution in [-0.2, 0) is 4.79 Å². The molecule has 3 nitrogen and oxygen atoms in total. The summed E-state index contributed by atoms with van der Waals surface area (Å²) in [7, 11) is 1.90. The Bertz CT molecular complexity index is 89.1. The Balaban J connectivity index is -0.000000249. The Hall–Kier alpha value is -0.570. The predicted octanol–water partition coefficient (Wildman–Crippen LogP) is 1.00. The van der Waals surface area contributed by atoms with Crippen LogP contribution in [0.4, 0.5) is 0 Å². The van der Waals surface area contributed by atoms with E-state index in [2.05, 4.69) is 10.6 Å². The van der Waals surface area contributed by atoms with Crippen LogP contribution >= 0.6 is 0 Å². The van der Waals surface area contributed by atoms with Crippen molar-refractivity contribution in [3.63, 3.8) is 0 Å². The molecule has 2 N–H and O–H groups in total. The second-order valence-electron chi connectivity index (χ2n) is 1.94. The van der Waals surface area contributed by atoms with Crippen LogP contribution in [-0.4, -0.2) is 26.0 Å². The van der Waals surface area contributed by atoms with E-state index >= 15 is 0 Å². The van der Waals surface area contributed by atoms with E-state index in [1.54, 1.807) is 0 Å². The molecule has 0 aromatic carbocycles. The minimum Gasteiger partial charge on any atom is -0.356 e. The highest BCUT2D eigenvalue weighted by atomic mass is 16.1. The molecule has 0 fully saturated rings. The summed E-state index contributed by atoms with van der Waals surface area (Å²) < 4.78 is 0. The maximum Gasteiger partial charge on any atom is 0.216 e. The first-order valence-corrected chi connectivity index (χ1v) is 4.16. The van der Waals surface area contributed by atoms with Crippen LogP contribution in [0.25, 0.3) is 0 Å². The number of hydrogen-bond acceptors (Lipinski definition) is 2. The smallest absolute Gasteiger partial charge is 0.216 e. The first-order valence-electron chi connectivity index (χ1n) is 4.16. The maximum absolute atomic E-state index is 10.3. The van der Waals surface area contributed by atoms with E-state index in [0.717, 1.165) is 19.5 Å².